The number of benzene rings is 1. The third kappa shape index (κ3) is 6.78. The second-order valence-corrected chi connectivity index (χ2v) is 4.68. The summed E-state index contributed by atoms with van der Waals surface area (Å²) in [4.78, 5) is 0. The van der Waals surface area contributed by atoms with Crippen molar-refractivity contribution in [1.29, 1.82) is 0 Å². The van der Waals surface area contributed by atoms with Crippen molar-refractivity contribution in [2.45, 2.75) is 20.0 Å². The smallest absolute Gasteiger partial charge is 0.0945 e. The minimum atomic E-state index is -0.554. The van der Waals surface area contributed by atoms with Crippen molar-refractivity contribution in [3.8, 4) is 0 Å². The fourth-order valence-electron chi connectivity index (χ4n) is 1.48. The zero-order valence-corrected chi connectivity index (χ0v) is 12.2. The Kier molecular flexibility index (Phi) is 7.82. The van der Waals surface area contributed by atoms with E-state index < -0.39 is 6.10 Å². The molecule has 0 amide bonds. The standard InChI is InChI=1S/C14H22ClNO3/c1-3-18-6-7-19-10-13(17)9-16-12-5-4-11(2)14(15)8-12/h4-5,8,13,16-17H,3,6-7,9-10H2,1-2H3. The summed E-state index contributed by atoms with van der Waals surface area (Å²) in [5.74, 6) is 0. The van der Waals surface area contributed by atoms with E-state index in [2.05, 4.69) is 5.32 Å². The average Bonchev–Trinajstić information content (AvgIpc) is 2.40. The van der Waals surface area contributed by atoms with Crippen LogP contribution in [0.2, 0.25) is 5.02 Å². The molecule has 0 heterocycles. The van der Waals surface area contributed by atoms with Gasteiger partial charge in [0.1, 0.15) is 0 Å². The first-order valence-corrected chi connectivity index (χ1v) is 6.85. The Morgan fingerprint density at radius 3 is 2.74 bits per heavy atom. The highest BCUT2D eigenvalue weighted by molar-refractivity contribution is 6.31. The summed E-state index contributed by atoms with van der Waals surface area (Å²) in [7, 11) is 0. The van der Waals surface area contributed by atoms with Crippen molar-refractivity contribution < 1.29 is 14.6 Å². The highest BCUT2D eigenvalue weighted by atomic mass is 35.5. The largest absolute Gasteiger partial charge is 0.389 e. The van der Waals surface area contributed by atoms with E-state index in [0.717, 1.165) is 11.3 Å². The Balaban J connectivity index is 2.18. The molecule has 1 unspecified atom stereocenters. The van der Waals surface area contributed by atoms with Gasteiger partial charge in [-0.1, -0.05) is 17.7 Å². The number of halogens is 1. The fraction of sp³-hybridized carbons (Fsp3) is 0.571. The third-order valence-electron chi connectivity index (χ3n) is 2.60. The van der Waals surface area contributed by atoms with Crippen molar-refractivity contribution in [3.63, 3.8) is 0 Å². The van der Waals surface area contributed by atoms with Gasteiger partial charge in [0.05, 0.1) is 25.9 Å². The van der Waals surface area contributed by atoms with E-state index in [1.54, 1.807) is 0 Å². The van der Waals surface area contributed by atoms with Gasteiger partial charge < -0.3 is 19.9 Å². The number of hydrogen-bond acceptors (Lipinski definition) is 4. The lowest BCUT2D eigenvalue weighted by atomic mass is 10.2. The number of anilines is 1. The summed E-state index contributed by atoms with van der Waals surface area (Å²) < 4.78 is 10.4. The van der Waals surface area contributed by atoms with Crippen molar-refractivity contribution >= 4 is 17.3 Å². The van der Waals surface area contributed by atoms with Crippen LogP contribution in [-0.4, -0.2) is 44.2 Å². The van der Waals surface area contributed by atoms with E-state index in [-0.39, 0.29) is 0 Å². The first-order valence-electron chi connectivity index (χ1n) is 6.47. The number of rotatable bonds is 9. The van der Waals surface area contributed by atoms with Gasteiger partial charge in [-0.05, 0) is 31.5 Å². The van der Waals surface area contributed by atoms with Gasteiger partial charge in [0, 0.05) is 23.9 Å². The van der Waals surface area contributed by atoms with Crippen LogP contribution in [0.15, 0.2) is 18.2 Å². The first kappa shape index (κ1) is 16.2. The monoisotopic (exact) mass is 287 g/mol. The van der Waals surface area contributed by atoms with Gasteiger partial charge in [-0.2, -0.15) is 0 Å². The van der Waals surface area contributed by atoms with Gasteiger partial charge in [-0.25, -0.2) is 0 Å². The Hall–Kier alpha value is -0.810. The maximum Gasteiger partial charge on any atom is 0.0945 e. The van der Waals surface area contributed by atoms with Crippen LogP contribution in [0.25, 0.3) is 0 Å². The summed E-state index contributed by atoms with van der Waals surface area (Å²) in [6.07, 6.45) is -0.554. The van der Waals surface area contributed by atoms with Gasteiger partial charge in [-0.3, -0.25) is 0 Å². The van der Waals surface area contributed by atoms with Gasteiger partial charge >= 0.3 is 0 Å². The molecule has 0 fully saturated rings. The summed E-state index contributed by atoms with van der Waals surface area (Å²) in [6, 6.07) is 5.72. The predicted octanol–water partition coefficient (Wildman–Crippen LogP) is 2.47. The molecule has 0 bridgehead atoms. The maximum absolute atomic E-state index is 9.73. The normalized spacial score (nSPS) is 12.4. The van der Waals surface area contributed by atoms with Crippen molar-refractivity contribution in [1.82, 2.24) is 0 Å². The summed E-state index contributed by atoms with van der Waals surface area (Å²) in [5, 5.41) is 13.6. The van der Waals surface area contributed by atoms with Crippen LogP contribution in [0.4, 0.5) is 5.69 Å². The van der Waals surface area contributed by atoms with Crippen LogP contribution in [0.1, 0.15) is 12.5 Å². The molecule has 1 rings (SSSR count). The first-order chi connectivity index (χ1) is 9.13. The number of ether oxygens (including phenoxy) is 2. The van der Waals surface area contributed by atoms with Crippen LogP contribution in [0.5, 0.6) is 0 Å². The van der Waals surface area contributed by atoms with Crippen LogP contribution in [0.3, 0.4) is 0 Å². The zero-order chi connectivity index (χ0) is 14.1. The lowest BCUT2D eigenvalue weighted by molar-refractivity contribution is 0.0103. The molecule has 0 radical (unpaired) electrons. The molecule has 0 saturated heterocycles. The Morgan fingerprint density at radius 1 is 1.32 bits per heavy atom. The number of aliphatic hydroxyl groups is 1. The average molecular weight is 288 g/mol. The Bertz CT molecular complexity index is 374. The number of nitrogens with one attached hydrogen (secondary N) is 1. The summed E-state index contributed by atoms with van der Waals surface area (Å²) in [5.41, 5.74) is 1.93. The highest BCUT2D eigenvalue weighted by Crippen LogP contribution is 2.19. The molecule has 4 nitrogen and oxygen atoms in total. The summed E-state index contributed by atoms with van der Waals surface area (Å²) >= 11 is 6.02. The second-order valence-electron chi connectivity index (χ2n) is 4.27. The Morgan fingerprint density at radius 2 is 2.05 bits per heavy atom. The molecule has 1 aromatic rings. The lowest BCUT2D eigenvalue weighted by Gasteiger charge is -2.13. The van der Waals surface area contributed by atoms with Crippen LogP contribution >= 0.6 is 11.6 Å². The molecule has 0 aliphatic heterocycles. The van der Waals surface area contributed by atoms with E-state index in [1.807, 2.05) is 32.0 Å². The maximum atomic E-state index is 9.73. The minimum Gasteiger partial charge on any atom is -0.389 e. The zero-order valence-electron chi connectivity index (χ0n) is 11.5. The second kappa shape index (κ2) is 9.15. The lowest BCUT2D eigenvalue weighted by Crippen LogP contribution is -2.25. The molecular formula is C14H22ClNO3. The number of aliphatic hydroxyl groups excluding tert-OH is 1. The van der Waals surface area contributed by atoms with Gasteiger partial charge in [0.2, 0.25) is 0 Å². The van der Waals surface area contributed by atoms with Crippen LogP contribution in [0, 0.1) is 6.92 Å². The van der Waals surface area contributed by atoms with E-state index in [4.69, 9.17) is 21.1 Å². The minimum absolute atomic E-state index is 0.291. The van der Waals surface area contributed by atoms with Gasteiger partial charge in [0.25, 0.3) is 0 Å². The number of hydrogen-bond donors (Lipinski definition) is 2. The molecule has 19 heavy (non-hydrogen) atoms. The molecule has 5 heteroatoms. The van der Waals surface area contributed by atoms with Crippen LogP contribution < -0.4 is 5.32 Å². The van der Waals surface area contributed by atoms with Crippen molar-refractivity contribution in [2.24, 2.45) is 0 Å². The molecule has 0 saturated carbocycles. The molecule has 2 N–H and O–H groups in total. The van der Waals surface area contributed by atoms with E-state index in [1.165, 1.54) is 0 Å². The SMILES string of the molecule is CCOCCOCC(O)CNc1ccc(C)c(Cl)c1. The predicted molar refractivity (Wildman–Crippen MR) is 78.0 cm³/mol. The number of aryl methyl sites for hydroxylation is 1. The van der Waals surface area contributed by atoms with E-state index in [9.17, 15) is 5.11 Å². The third-order valence-corrected chi connectivity index (χ3v) is 3.01. The molecule has 1 atom stereocenters. The molecular weight excluding hydrogens is 266 g/mol. The van der Waals surface area contributed by atoms with Crippen LogP contribution in [-0.2, 0) is 9.47 Å². The van der Waals surface area contributed by atoms with Gasteiger partial charge in [0.15, 0.2) is 0 Å². The quantitative estimate of drug-likeness (QED) is 0.685. The van der Waals surface area contributed by atoms with E-state index >= 15 is 0 Å². The summed E-state index contributed by atoms with van der Waals surface area (Å²) in [6.45, 7) is 6.35. The molecule has 0 aromatic heterocycles. The molecule has 1 aromatic carbocycles. The van der Waals surface area contributed by atoms with E-state index in [0.29, 0.717) is 38.0 Å². The topological polar surface area (TPSA) is 50.7 Å². The van der Waals surface area contributed by atoms with Crippen molar-refractivity contribution in [2.75, 3.05) is 38.3 Å². The Labute approximate surface area is 119 Å². The highest BCUT2D eigenvalue weighted by Gasteiger charge is 2.05. The molecule has 108 valence electrons. The fourth-order valence-corrected chi connectivity index (χ4v) is 1.66. The molecule has 0 spiro atoms. The molecule has 0 aliphatic carbocycles. The van der Waals surface area contributed by atoms with Crippen molar-refractivity contribution in [3.05, 3.63) is 28.8 Å². The molecule has 0 aliphatic rings. The van der Waals surface area contributed by atoms with Gasteiger partial charge in [-0.15, -0.1) is 0 Å².